The highest BCUT2D eigenvalue weighted by Crippen LogP contribution is 2.06. The fraction of sp³-hybridized carbons (Fsp3) is 0.643. The SMILES string of the molecule is CCCCn1c(=O)c2c(ncn2C)n(CCCC)c1=O. The number of imidazole rings is 1. The summed E-state index contributed by atoms with van der Waals surface area (Å²) < 4.78 is 4.68. The Morgan fingerprint density at radius 2 is 1.65 bits per heavy atom. The number of aryl methyl sites for hydroxylation is 2. The van der Waals surface area contributed by atoms with Crippen LogP contribution in [0.5, 0.6) is 0 Å². The molecule has 2 rings (SSSR count). The minimum atomic E-state index is -0.233. The summed E-state index contributed by atoms with van der Waals surface area (Å²) in [4.78, 5) is 29.2. The van der Waals surface area contributed by atoms with E-state index in [0.29, 0.717) is 24.3 Å². The van der Waals surface area contributed by atoms with Crippen molar-refractivity contribution in [2.45, 2.75) is 52.6 Å². The Bertz CT molecular complexity index is 708. The Balaban J connectivity index is 2.69. The van der Waals surface area contributed by atoms with Crippen molar-refractivity contribution in [3.8, 4) is 0 Å². The molecule has 0 aliphatic heterocycles. The van der Waals surface area contributed by atoms with Crippen molar-refractivity contribution < 1.29 is 0 Å². The lowest BCUT2D eigenvalue weighted by molar-refractivity contribution is 0.529. The average Bonchev–Trinajstić information content (AvgIpc) is 2.81. The molecule has 0 aromatic carbocycles. The fourth-order valence-corrected chi connectivity index (χ4v) is 2.34. The zero-order valence-corrected chi connectivity index (χ0v) is 12.4. The van der Waals surface area contributed by atoms with E-state index in [1.165, 1.54) is 4.57 Å². The second-order valence-electron chi connectivity index (χ2n) is 5.13. The van der Waals surface area contributed by atoms with Crippen molar-refractivity contribution in [1.29, 1.82) is 0 Å². The summed E-state index contributed by atoms with van der Waals surface area (Å²) in [5.41, 5.74) is 0.551. The van der Waals surface area contributed by atoms with Crippen LogP contribution in [0, 0.1) is 0 Å². The molecule has 0 unspecified atom stereocenters. The van der Waals surface area contributed by atoms with Gasteiger partial charge in [-0.1, -0.05) is 26.7 Å². The van der Waals surface area contributed by atoms with Gasteiger partial charge in [0.15, 0.2) is 11.2 Å². The summed E-state index contributed by atoms with van der Waals surface area (Å²) in [6.45, 7) is 5.20. The number of fused-ring (bicyclic) bond motifs is 1. The first-order valence-corrected chi connectivity index (χ1v) is 7.26. The van der Waals surface area contributed by atoms with E-state index in [2.05, 4.69) is 11.9 Å². The van der Waals surface area contributed by atoms with Crippen LogP contribution in [-0.4, -0.2) is 18.7 Å². The number of rotatable bonds is 6. The third kappa shape index (κ3) is 2.42. The van der Waals surface area contributed by atoms with E-state index in [9.17, 15) is 9.59 Å². The van der Waals surface area contributed by atoms with Gasteiger partial charge in [0, 0.05) is 20.1 Å². The second kappa shape index (κ2) is 6.07. The van der Waals surface area contributed by atoms with Crippen molar-refractivity contribution in [3.63, 3.8) is 0 Å². The standard InChI is InChI=1S/C14H22N4O2/c1-4-6-8-17-12-11(16(3)10-15-12)13(19)18(14(17)20)9-7-5-2/h10H,4-9H2,1-3H3. The highest BCUT2D eigenvalue weighted by Gasteiger charge is 2.16. The molecule has 0 bridgehead atoms. The van der Waals surface area contributed by atoms with Crippen LogP contribution in [0.15, 0.2) is 15.9 Å². The molecule has 0 saturated heterocycles. The van der Waals surface area contributed by atoms with Gasteiger partial charge in [0.2, 0.25) is 0 Å². The van der Waals surface area contributed by atoms with Gasteiger partial charge in [0.1, 0.15) is 0 Å². The van der Waals surface area contributed by atoms with Gasteiger partial charge in [-0.2, -0.15) is 0 Å². The zero-order valence-electron chi connectivity index (χ0n) is 12.4. The monoisotopic (exact) mass is 278 g/mol. The number of nitrogens with zero attached hydrogens (tertiary/aromatic N) is 4. The summed E-state index contributed by atoms with van der Waals surface area (Å²) in [5, 5.41) is 0. The average molecular weight is 278 g/mol. The minimum absolute atomic E-state index is 0.230. The summed E-state index contributed by atoms with van der Waals surface area (Å²) in [5.74, 6) is 0. The Labute approximate surface area is 117 Å². The molecular weight excluding hydrogens is 256 g/mol. The lowest BCUT2D eigenvalue weighted by Gasteiger charge is -2.11. The van der Waals surface area contributed by atoms with Gasteiger partial charge in [-0.15, -0.1) is 0 Å². The highest BCUT2D eigenvalue weighted by atomic mass is 16.2. The quantitative estimate of drug-likeness (QED) is 0.804. The first-order valence-electron chi connectivity index (χ1n) is 7.26. The van der Waals surface area contributed by atoms with Crippen molar-refractivity contribution in [2.75, 3.05) is 0 Å². The third-order valence-corrected chi connectivity index (χ3v) is 3.55. The Hall–Kier alpha value is -1.85. The Kier molecular flexibility index (Phi) is 4.42. The van der Waals surface area contributed by atoms with Crippen LogP contribution in [0.1, 0.15) is 39.5 Å². The maximum Gasteiger partial charge on any atom is 0.332 e. The maximum absolute atomic E-state index is 12.5. The van der Waals surface area contributed by atoms with Gasteiger partial charge in [-0.3, -0.25) is 13.9 Å². The molecule has 0 amide bonds. The topological polar surface area (TPSA) is 61.8 Å². The van der Waals surface area contributed by atoms with Crippen molar-refractivity contribution in [2.24, 2.45) is 7.05 Å². The van der Waals surface area contributed by atoms with E-state index >= 15 is 0 Å². The fourth-order valence-electron chi connectivity index (χ4n) is 2.34. The van der Waals surface area contributed by atoms with E-state index in [4.69, 9.17) is 0 Å². The maximum atomic E-state index is 12.5. The van der Waals surface area contributed by atoms with Crippen molar-refractivity contribution in [3.05, 3.63) is 27.2 Å². The summed E-state index contributed by atoms with van der Waals surface area (Å²) in [6, 6.07) is 0. The largest absolute Gasteiger partial charge is 0.332 e. The lowest BCUT2D eigenvalue weighted by Crippen LogP contribution is -2.40. The molecule has 0 spiro atoms. The lowest BCUT2D eigenvalue weighted by atomic mass is 10.3. The van der Waals surface area contributed by atoms with Crippen LogP contribution >= 0.6 is 0 Å². The van der Waals surface area contributed by atoms with Crippen LogP contribution < -0.4 is 11.2 Å². The van der Waals surface area contributed by atoms with E-state index in [1.54, 1.807) is 22.5 Å². The van der Waals surface area contributed by atoms with Crippen LogP contribution in [0.4, 0.5) is 0 Å². The molecule has 20 heavy (non-hydrogen) atoms. The molecule has 6 nitrogen and oxygen atoms in total. The van der Waals surface area contributed by atoms with Crippen molar-refractivity contribution >= 4 is 11.2 Å². The minimum Gasteiger partial charge on any atom is -0.328 e. The van der Waals surface area contributed by atoms with Gasteiger partial charge in [-0.05, 0) is 12.8 Å². The highest BCUT2D eigenvalue weighted by molar-refractivity contribution is 5.69. The molecule has 0 aliphatic carbocycles. The molecule has 2 aromatic rings. The molecule has 0 N–H and O–H groups in total. The van der Waals surface area contributed by atoms with Gasteiger partial charge in [-0.25, -0.2) is 9.78 Å². The van der Waals surface area contributed by atoms with Crippen LogP contribution in [0.25, 0.3) is 11.2 Å². The smallest absolute Gasteiger partial charge is 0.328 e. The second-order valence-corrected chi connectivity index (χ2v) is 5.13. The van der Waals surface area contributed by atoms with Crippen LogP contribution in [0.2, 0.25) is 0 Å². The number of hydrogen-bond acceptors (Lipinski definition) is 3. The van der Waals surface area contributed by atoms with Gasteiger partial charge in [0.05, 0.1) is 6.33 Å². The zero-order chi connectivity index (χ0) is 14.7. The molecular formula is C14H22N4O2. The van der Waals surface area contributed by atoms with E-state index in [1.807, 2.05) is 6.92 Å². The summed E-state index contributed by atoms with van der Waals surface area (Å²) >= 11 is 0. The normalized spacial score (nSPS) is 11.3. The first-order chi connectivity index (χ1) is 9.61. The van der Waals surface area contributed by atoms with Gasteiger partial charge in [0.25, 0.3) is 5.56 Å². The van der Waals surface area contributed by atoms with E-state index in [0.717, 1.165) is 25.7 Å². The van der Waals surface area contributed by atoms with E-state index in [-0.39, 0.29) is 11.2 Å². The molecule has 2 aromatic heterocycles. The molecule has 110 valence electrons. The van der Waals surface area contributed by atoms with E-state index < -0.39 is 0 Å². The molecule has 2 heterocycles. The van der Waals surface area contributed by atoms with Crippen molar-refractivity contribution in [1.82, 2.24) is 18.7 Å². The Morgan fingerprint density at radius 1 is 1.05 bits per heavy atom. The molecule has 0 fully saturated rings. The predicted octanol–water partition coefficient (Wildman–Crippen LogP) is 1.50. The number of aromatic nitrogens is 4. The summed E-state index contributed by atoms with van der Waals surface area (Å²) in [6.07, 6.45) is 5.26. The molecule has 0 saturated carbocycles. The molecule has 0 aliphatic rings. The first kappa shape index (κ1) is 14.6. The van der Waals surface area contributed by atoms with Gasteiger partial charge >= 0.3 is 5.69 Å². The van der Waals surface area contributed by atoms with Crippen LogP contribution in [0.3, 0.4) is 0 Å². The van der Waals surface area contributed by atoms with Crippen LogP contribution in [-0.2, 0) is 20.1 Å². The predicted molar refractivity (Wildman–Crippen MR) is 79.1 cm³/mol. The summed E-state index contributed by atoms with van der Waals surface area (Å²) in [7, 11) is 1.79. The molecule has 0 atom stereocenters. The Morgan fingerprint density at radius 3 is 2.25 bits per heavy atom. The molecule has 6 heteroatoms. The third-order valence-electron chi connectivity index (χ3n) is 3.55. The van der Waals surface area contributed by atoms with Gasteiger partial charge < -0.3 is 4.57 Å². The molecule has 0 radical (unpaired) electrons. The number of unbranched alkanes of at least 4 members (excludes halogenated alkanes) is 2. The number of hydrogen-bond donors (Lipinski definition) is 0.